The molecule has 1 saturated carbocycles. The van der Waals surface area contributed by atoms with Crippen LogP contribution in [0.1, 0.15) is 12.0 Å². The molecule has 1 aromatic heterocycles. The molecule has 1 spiro atoms. The number of benzene rings is 1. The third-order valence-corrected chi connectivity index (χ3v) is 4.72. The van der Waals surface area contributed by atoms with Gasteiger partial charge in [0, 0.05) is 16.8 Å². The highest BCUT2D eigenvalue weighted by Crippen LogP contribution is 2.60. The summed E-state index contributed by atoms with van der Waals surface area (Å²) < 4.78 is 0. The zero-order valence-electron chi connectivity index (χ0n) is 11.6. The molecule has 0 unspecified atom stereocenters. The number of hydrogen-bond acceptors (Lipinski definition) is 4. The van der Waals surface area contributed by atoms with Crippen LogP contribution in [0.25, 0.3) is 0 Å². The molecule has 2 N–H and O–H groups in total. The minimum absolute atomic E-state index is 0.171. The molecule has 0 saturated heterocycles. The molecule has 2 aliphatic rings. The predicted octanol–water partition coefficient (Wildman–Crippen LogP) is 2.63. The Labute approximate surface area is 141 Å². The zero-order chi connectivity index (χ0) is 16.2. The number of nitrogens with one attached hydrogen (secondary N) is 2. The van der Waals surface area contributed by atoms with Crippen LogP contribution in [0, 0.1) is 5.92 Å². The number of carbonyl (C=O) groups is 2. The molecule has 2 amide bonds. The van der Waals surface area contributed by atoms with Crippen LogP contribution in [-0.4, -0.2) is 21.8 Å². The lowest BCUT2D eigenvalue weighted by Gasteiger charge is -2.09. The molecular weight excluding hydrogens is 339 g/mol. The fourth-order valence-electron chi connectivity index (χ4n) is 3.09. The van der Waals surface area contributed by atoms with E-state index in [2.05, 4.69) is 20.6 Å². The molecule has 1 aliphatic carbocycles. The normalized spacial score (nSPS) is 24.3. The monoisotopic (exact) mass is 348 g/mol. The van der Waals surface area contributed by atoms with E-state index in [1.165, 1.54) is 12.4 Å². The number of rotatable bonds is 2. The van der Waals surface area contributed by atoms with E-state index in [9.17, 15) is 9.59 Å². The minimum atomic E-state index is -0.832. The van der Waals surface area contributed by atoms with Crippen molar-refractivity contribution in [3.8, 4) is 0 Å². The molecule has 1 fully saturated rings. The Balaban J connectivity index is 1.61. The summed E-state index contributed by atoms with van der Waals surface area (Å²) in [5.74, 6) is -0.601. The first-order valence-electron chi connectivity index (χ1n) is 6.90. The first-order valence-corrected chi connectivity index (χ1v) is 7.66. The van der Waals surface area contributed by atoms with Crippen molar-refractivity contribution in [2.75, 3.05) is 10.6 Å². The van der Waals surface area contributed by atoms with Gasteiger partial charge in [0.25, 0.3) is 0 Å². The van der Waals surface area contributed by atoms with Gasteiger partial charge in [-0.2, -0.15) is 0 Å². The molecule has 2 heterocycles. The van der Waals surface area contributed by atoms with Crippen LogP contribution in [0.4, 0.5) is 11.5 Å². The van der Waals surface area contributed by atoms with Crippen LogP contribution < -0.4 is 10.6 Å². The van der Waals surface area contributed by atoms with Crippen LogP contribution in [-0.2, 0) is 15.0 Å². The first-order chi connectivity index (χ1) is 11.0. The van der Waals surface area contributed by atoms with E-state index in [-0.39, 0.29) is 17.0 Å². The summed E-state index contributed by atoms with van der Waals surface area (Å²) in [6.07, 6.45) is 1.70. The van der Waals surface area contributed by atoms with Gasteiger partial charge >= 0.3 is 0 Å². The Kier molecular flexibility index (Phi) is 3.08. The SMILES string of the molecule is O=C(Nc1cc(Cl)ncn1)[C@@H]1C[C@@]12C(=O)Nc1ccc(Cl)cc12. The van der Waals surface area contributed by atoms with Crippen molar-refractivity contribution >= 4 is 46.5 Å². The third-order valence-electron chi connectivity index (χ3n) is 4.28. The Morgan fingerprint density at radius 3 is 2.91 bits per heavy atom. The summed E-state index contributed by atoms with van der Waals surface area (Å²) in [7, 11) is 0. The van der Waals surface area contributed by atoms with Crippen molar-refractivity contribution in [1.82, 2.24) is 9.97 Å². The molecular formula is C15H10Cl2N4O2. The van der Waals surface area contributed by atoms with Gasteiger partial charge in [-0.15, -0.1) is 0 Å². The van der Waals surface area contributed by atoms with Crippen LogP contribution in [0.15, 0.2) is 30.6 Å². The second kappa shape index (κ2) is 4.91. The maximum Gasteiger partial charge on any atom is 0.235 e. The highest BCUT2D eigenvalue weighted by Gasteiger charge is 2.67. The number of fused-ring (bicyclic) bond motifs is 2. The molecule has 0 radical (unpaired) electrons. The van der Waals surface area contributed by atoms with E-state index in [4.69, 9.17) is 23.2 Å². The Hall–Kier alpha value is -2.18. The van der Waals surface area contributed by atoms with Gasteiger partial charge in [-0.05, 0) is 30.2 Å². The van der Waals surface area contributed by atoms with E-state index in [1.54, 1.807) is 18.2 Å². The second-order valence-electron chi connectivity index (χ2n) is 5.59. The lowest BCUT2D eigenvalue weighted by Crippen LogP contribution is -2.27. The number of carbonyl (C=O) groups excluding carboxylic acids is 2. The Morgan fingerprint density at radius 2 is 2.13 bits per heavy atom. The molecule has 2 aromatic rings. The van der Waals surface area contributed by atoms with E-state index in [0.717, 1.165) is 5.56 Å². The maximum atomic E-state index is 12.5. The average molecular weight is 349 g/mol. The quantitative estimate of drug-likeness (QED) is 0.817. The van der Waals surface area contributed by atoms with Crippen LogP contribution in [0.5, 0.6) is 0 Å². The van der Waals surface area contributed by atoms with Crippen molar-refractivity contribution in [2.24, 2.45) is 5.92 Å². The van der Waals surface area contributed by atoms with Gasteiger partial charge in [0.1, 0.15) is 17.3 Å². The van der Waals surface area contributed by atoms with E-state index in [0.29, 0.717) is 22.9 Å². The van der Waals surface area contributed by atoms with Crippen molar-refractivity contribution < 1.29 is 9.59 Å². The Bertz CT molecular complexity index is 857. The van der Waals surface area contributed by atoms with Crippen molar-refractivity contribution in [3.63, 3.8) is 0 Å². The van der Waals surface area contributed by atoms with Crippen LogP contribution in [0.3, 0.4) is 0 Å². The van der Waals surface area contributed by atoms with Gasteiger partial charge in [0.05, 0.1) is 11.3 Å². The first kappa shape index (κ1) is 14.4. The summed E-state index contributed by atoms with van der Waals surface area (Å²) in [6, 6.07) is 6.65. The van der Waals surface area contributed by atoms with Crippen LogP contribution in [0.2, 0.25) is 10.2 Å². The molecule has 6 nitrogen and oxygen atoms in total. The van der Waals surface area contributed by atoms with Crippen molar-refractivity contribution in [1.29, 1.82) is 0 Å². The summed E-state index contributed by atoms with van der Waals surface area (Å²) >= 11 is 11.8. The van der Waals surface area contributed by atoms with Crippen molar-refractivity contribution in [3.05, 3.63) is 46.3 Å². The topological polar surface area (TPSA) is 84.0 Å². The van der Waals surface area contributed by atoms with E-state index in [1.807, 2.05) is 0 Å². The molecule has 2 atom stereocenters. The van der Waals surface area contributed by atoms with E-state index < -0.39 is 11.3 Å². The summed E-state index contributed by atoms with van der Waals surface area (Å²) in [5.41, 5.74) is 0.650. The predicted molar refractivity (Wildman–Crippen MR) is 85.5 cm³/mol. The van der Waals surface area contributed by atoms with Gasteiger partial charge in [-0.1, -0.05) is 23.2 Å². The van der Waals surface area contributed by atoms with Gasteiger partial charge < -0.3 is 10.6 Å². The number of aromatic nitrogens is 2. The van der Waals surface area contributed by atoms with Gasteiger partial charge in [0.2, 0.25) is 11.8 Å². The number of nitrogens with zero attached hydrogens (tertiary/aromatic N) is 2. The maximum absolute atomic E-state index is 12.5. The average Bonchev–Trinajstić information content (AvgIpc) is 3.20. The van der Waals surface area contributed by atoms with Gasteiger partial charge in [-0.25, -0.2) is 9.97 Å². The molecule has 1 aromatic carbocycles. The fraction of sp³-hybridized carbons (Fsp3) is 0.200. The lowest BCUT2D eigenvalue weighted by atomic mass is 9.94. The molecule has 1 aliphatic heterocycles. The molecule has 4 rings (SSSR count). The summed E-state index contributed by atoms with van der Waals surface area (Å²) in [6.45, 7) is 0. The summed E-state index contributed by atoms with van der Waals surface area (Å²) in [5, 5.41) is 6.25. The van der Waals surface area contributed by atoms with Crippen LogP contribution >= 0.6 is 23.2 Å². The largest absolute Gasteiger partial charge is 0.325 e. The molecule has 8 heteroatoms. The second-order valence-corrected chi connectivity index (χ2v) is 6.41. The zero-order valence-corrected chi connectivity index (χ0v) is 13.1. The van der Waals surface area contributed by atoms with Gasteiger partial charge in [-0.3, -0.25) is 9.59 Å². The smallest absolute Gasteiger partial charge is 0.235 e. The molecule has 0 bridgehead atoms. The number of amides is 2. The standard InChI is InChI=1S/C15H10Cl2N4O2/c16-7-1-2-10-8(3-7)15(14(23)20-10)5-9(15)13(22)21-12-4-11(17)18-6-19-12/h1-4,6,9H,5H2,(H,20,23)(H,18,19,21,22)/t9-,15-/m0/s1. The Morgan fingerprint density at radius 1 is 1.30 bits per heavy atom. The summed E-state index contributed by atoms with van der Waals surface area (Å²) in [4.78, 5) is 32.5. The number of anilines is 2. The molecule has 23 heavy (non-hydrogen) atoms. The fourth-order valence-corrected chi connectivity index (χ4v) is 3.41. The lowest BCUT2D eigenvalue weighted by molar-refractivity contribution is -0.122. The highest BCUT2D eigenvalue weighted by atomic mass is 35.5. The van der Waals surface area contributed by atoms with Crippen molar-refractivity contribution in [2.45, 2.75) is 11.8 Å². The highest BCUT2D eigenvalue weighted by molar-refractivity contribution is 6.31. The number of hydrogen-bond donors (Lipinski definition) is 2. The minimum Gasteiger partial charge on any atom is -0.325 e. The third kappa shape index (κ3) is 2.17. The number of halogens is 2. The van der Waals surface area contributed by atoms with E-state index >= 15 is 0 Å². The van der Waals surface area contributed by atoms with Gasteiger partial charge in [0.15, 0.2) is 0 Å². The molecule has 116 valence electrons.